The van der Waals surface area contributed by atoms with Crippen molar-refractivity contribution in [3.05, 3.63) is 11.9 Å². The SMILES string of the molecule is COc1cnn(CCN(C)C)c1C(=O)C1CCCO1. The molecule has 1 aromatic rings. The number of likely N-dealkylation sites (N-methyl/N-ethyl adjacent to an activating group) is 1. The number of carbonyl (C=O) groups excluding carboxylic acids is 1. The van der Waals surface area contributed by atoms with Gasteiger partial charge in [-0.3, -0.25) is 9.48 Å². The van der Waals surface area contributed by atoms with Crippen molar-refractivity contribution in [1.29, 1.82) is 0 Å². The molecule has 106 valence electrons. The summed E-state index contributed by atoms with van der Waals surface area (Å²) in [7, 11) is 5.53. The Bertz CT molecular complexity index is 436. The normalized spacial score (nSPS) is 19.1. The van der Waals surface area contributed by atoms with Gasteiger partial charge in [-0.2, -0.15) is 5.10 Å². The third-order valence-electron chi connectivity index (χ3n) is 3.24. The Hall–Kier alpha value is -1.40. The number of carbonyl (C=O) groups is 1. The standard InChI is InChI=1S/C13H21N3O3/c1-15(2)6-7-16-12(11(18-3)9-14-16)13(17)10-5-4-8-19-10/h9-10H,4-8H2,1-3H3. The first-order chi connectivity index (χ1) is 9.13. The van der Waals surface area contributed by atoms with E-state index in [1.54, 1.807) is 18.0 Å². The maximum absolute atomic E-state index is 12.5. The summed E-state index contributed by atoms with van der Waals surface area (Å²) in [5.41, 5.74) is 0.524. The van der Waals surface area contributed by atoms with E-state index < -0.39 is 0 Å². The Kier molecular flexibility index (Phi) is 4.55. The zero-order valence-electron chi connectivity index (χ0n) is 11.8. The lowest BCUT2D eigenvalue weighted by atomic mass is 10.1. The summed E-state index contributed by atoms with van der Waals surface area (Å²) in [6.07, 6.45) is 2.96. The van der Waals surface area contributed by atoms with Crippen LogP contribution >= 0.6 is 0 Å². The van der Waals surface area contributed by atoms with Gasteiger partial charge in [0.2, 0.25) is 5.78 Å². The Labute approximate surface area is 113 Å². The second-order valence-corrected chi connectivity index (χ2v) is 4.95. The van der Waals surface area contributed by atoms with Crippen LogP contribution in [0.5, 0.6) is 5.75 Å². The minimum absolute atomic E-state index is 0.0226. The van der Waals surface area contributed by atoms with Crippen LogP contribution in [0.15, 0.2) is 6.20 Å². The number of rotatable bonds is 6. The van der Waals surface area contributed by atoms with Crippen molar-refractivity contribution in [2.45, 2.75) is 25.5 Å². The molecule has 0 aromatic carbocycles. The number of hydrogen-bond donors (Lipinski definition) is 0. The van der Waals surface area contributed by atoms with Crippen LogP contribution in [0.25, 0.3) is 0 Å². The molecule has 0 aliphatic carbocycles. The Morgan fingerprint density at radius 3 is 3.00 bits per heavy atom. The summed E-state index contributed by atoms with van der Waals surface area (Å²) < 4.78 is 12.4. The predicted molar refractivity (Wildman–Crippen MR) is 70.6 cm³/mol. The van der Waals surface area contributed by atoms with E-state index in [1.807, 2.05) is 14.1 Å². The summed E-state index contributed by atoms with van der Waals surface area (Å²) in [5.74, 6) is 0.505. The van der Waals surface area contributed by atoms with Gasteiger partial charge in [-0.1, -0.05) is 0 Å². The molecular weight excluding hydrogens is 246 g/mol. The largest absolute Gasteiger partial charge is 0.493 e. The number of hydrogen-bond acceptors (Lipinski definition) is 5. The highest BCUT2D eigenvalue weighted by Gasteiger charge is 2.30. The molecule has 0 saturated carbocycles. The minimum Gasteiger partial charge on any atom is -0.493 e. The van der Waals surface area contributed by atoms with Gasteiger partial charge in [0.25, 0.3) is 0 Å². The monoisotopic (exact) mass is 267 g/mol. The van der Waals surface area contributed by atoms with Gasteiger partial charge in [0.05, 0.1) is 19.9 Å². The molecule has 1 unspecified atom stereocenters. The number of nitrogens with zero attached hydrogens (tertiary/aromatic N) is 3. The molecule has 2 rings (SSSR count). The summed E-state index contributed by atoms with van der Waals surface area (Å²) in [4.78, 5) is 14.5. The lowest BCUT2D eigenvalue weighted by Gasteiger charge is -2.14. The topological polar surface area (TPSA) is 56.6 Å². The quantitative estimate of drug-likeness (QED) is 0.714. The van der Waals surface area contributed by atoms with Crippen LogP contribution < -0.4 is 4.74 Å². The molecule has 1 aromatic heterocycles. The second kappa shape index (κ2) is 6.16. The van der Waals surface area contributed by atoms with E-state index in [4.69, 9.17) is 9.47 Å². The van der Waals surface area contributed by atoms with Crippen LogP contribution in [0.2, 0.25) is 0 Å². The van der Waals surface area contributed by atoms with Gasteiger partial charge in [0, 0.05) is 13.2 Å². The Balaban J connectivity index is 2.20. The lowest BCUT2D eigenvalue weighted by molar-refractivity contribution is 0.0628. The lowest BCUT2D eigenvalue weighted by Crippen LogP contribution is -2.26. The summed E-state index contributed by atoms with van der Waals surface area (Å²) in [6.45, 7) is 2.13. The summed E-state index contributed by atoms with van der Waals surface area (Å²) in [5, 5.41) is 4.24. The summed E-state index contributed by atoms with van der Waals surface area (Å²) >= 11 is 0. The molecule has 1 atom stereocenters. The van der Waals surface area contributed by atoms with Gasteiger partial charge in [-0.05, 0) is 26.9 Å². The van der Waals surface area contributed by atoms with Gasteiger partial charge in [-0.15, -0.1) is 0 Å². The average Bonchev–Trinajstić information content (AvgIpc) is 3.04. The third kappa shape index (κ3) is 3.13. The molecule has 6 heteroatoms. The number of aromatic nitrogens is 2. The molecule has 0 spiro atoms. The van der Waals surface area contributed by atoms with Crippen LogP contribution in [0.1, 0.15) is 23.3 Å². The van der Waals surface area contributed by atoms with Crippen molar-refractivity contribution < 1.29 is 14.3 Å². The fraction of sp³-hybridized carbons (Fsp3) is 0.692. The minimum atomic E-state index is -0.344. The molecule has 0 radical (unpaired) electrons. The van der Waals surface area contributed by atoms with Gasteiger partial charge in [0.1, 0.15) is 11.8 Å². The number of Topliss-reactive ketones (excluding diaryl/α,β-unsaturated/α-hetero) is 1. The van der Waals surface area contributed by atoms with Crippen LogP contribution in [0.4, 0.5) is 0 Å². The summed E-state index contributed by atoms with van der Waals surface area (Å²) in [6, 6.07) is 0. The first-order valence-electron chi connectivity index (χ1n) is 6.54. The number of ketones is 1. The Morgan fingerprint density at radius 1 is 1.63 bits per heavy atom. The second-order valence-electron chi connectivity index (χ2n) is 4.95. The molecule has 0 bridgehead atoms. The fourth-order valence-corrected chi connectivity index (χ4v) is 2.17. The molecule has 0 amide bonds. The van der Waals surface area contributed by atoms with Gasteiger partial charge >= 0.3 is 0 Å². The van der Waals surface area contributed by atoms with E-state index in [2.05, 4.69) is 10.00 Å². The average molecular weight is 267 g/mol. The van der Waals surface area contributed by atoms with Crippen molar-refractivity contribution in [3.63, 3.8) is 0 Å². The molecule has 6 nitrogen and oxygen atoms in total. The van der Waals surface area contributed by atoms with Crippen molar-refractivity contribution >= 4 is 5.78 Å². The van der Waals surface area contributed by atoms with Crippen LogP contribution in [-0.2, 0) is 11.3 Å². The van der Waals surface area contributed by atoms with Crippen LogP contribution in [-0.4, -0.2) is 60.9 Å². The van der Waals surface area contributed by atoms with Gasteiger partial charge in [-0.25, -0.2) is 0 Å². The highest BCUT2D eigenvalue weighted by atomic mass is 16.5. The molecule has 1 aliphatic heterocycles. The van der Waals surface area contributed by atoms with Gasteiger partial charge in [0.15, 0.2) is 5.75 Å². The number of methoxy groups -OCH3 is 1. The fourth-order valence-electron chi connectivity index (χ4n) is 2.17. The zero-order valence-corrected chi connectivity index (χ0v) is 11.8. The maximum Gasteiger partial charge on any atom is 0.213 e. The molecule has 1 fully saturated rings. The predicted octanol–water partition coefficient (Wildman–Crippen LogP) is 0.815. The highest BCUT2D eigenvalue weighted by molar-refractivity contribution is 6.00. The van der Waals surface area contributed by atoms with Crippen molar-refractivity contribution in [1.82, 2.24) is 14.7 Å². The maximum atomic E-state index is 12.5. The molecular formula is C13H21N3O3. The first kappa shape index (κ1) is 14.0. The smallest absolute Gasteiger partial charge is 0.213 e. The van der Waals surface area contributed by atoms with E-state index in [0.29, 0.717) is 24.6 Å². The van der Waals surface area contributed by atoms with E-state index in [0.717, 1.165) is 19.4 Å². The molecule has 1 saturated heterocycles. The van der Waals surface area contributed by atoms with E-state index in [9.17, 15) is 4.79 Å². The molecule has 1 aliphatic rings. The third-order valence-corrected chi connectivity index (χ3v) is 3.24. The zero-order chi connectivity index (χ0) is 13.8. The van der Waals surface area contributed by atoms with Crippen molar-refractivity contribution in [2.75, 3.05) is 34.4 Å². The van der Waals surface area contributed by atoms with E-state index >= 15 is 0 Å². The van der Waals surface area contributed by atoms with E-state index in [-0.39, 0.29) is 11.9 Å². The van der Waals surface area contributed by atoms with Crippen molar-refractivity contribution in [2.24, 2.45) is 0 Å². The molecule has 19 heavy (non-hydrogen) atoms. The van der Waals surface area contributed by atoms with Crippen LogP contribution in [0.3, 0.4) is 0 Å². The first-order valence-corrected chi connectivity index (χ1v) is 6.54. The molecule has 0 N–H and O–H groups in total. The van der Waals surface area contributed by atoms with E-state index in [1.165, 1.54) is 0 Å². The highest BCUT2D eigenvalue weighted by Crippen LogP contribution is 2.24. The Morgan fingerprint density at radius 2 is 2.42 bits per heavy atom. The van der Waals surface area contributed by atoms with Gasteiger partial charge < -0.3 is 14.4 Å². The number of ether oxygens (including phenoxy) is 2. The van der Waals surface area contributed by atoms with Crippen molar-refractivity contribution in [3.8, 4) is 5.75 Å². The van der Waals surface area contributed by atoms with Crippen LogP contribution in [0, 0.1) is 0 Å². The molecule has 2 heterocycles.